The molecular weight excluding hydrogens is 480 g/mol. The number of aromatic hydroxyl groups is 1. The minimum Gasteiger partial charge on any atom is -0.508 e. The fourth-order valence-electron chi connectivity index (χ4n) is 2.94. The van der Waals surface area contributed by atoms with Crippen LogP contribution in [-0.4, -0.2) is 81.2 Å². The van der Waals surface area contributed by atoms with E-state index in [1.54, 1.807) is 0 Å². The quantitative estimate of drug-likeness (QED) is 0.159. The molecule has 0 aromatic heterocycles. The van der Waals surface area contributed by atoms with Crippen molar-refractivity contribution in [1.82, 2.24) is 16.0 Å². The van der Waals surface area contributed by atoms with Gasteiger partial charge in [-0.05, 0) is 49.5 Å². The van der Waals surface area contributed by atoms with Crippen molar-refractivity contribution < 1.29 is 39.3 Å². The Hall–Kier alpha value is -3.32. The van der Waals surface area contributed by atoms with Crippen LogP contribution >= 0.6 is 11.8 Å². The summed E-state index contributed by atoms with van der Waals surface area (Å²) in [5.74, 6) is -4.05. The summed E-state index contributed by atoms with van der Waals surface area (Å²) < 4.78 is 0. The molecule has 0 heterocycles. The number of nitrogens with two attached hydrogens (primary N) is 1. The molecule has 0 saturated heterocycles. The van der Waals surface area contributed by atoms with Crippen molar-refractivity contribution in [3.8, 4) is 5.75 Å². The Kier molecular flexibility index (Phi) is 12.6. The number of benzene rings is 1. The molecule has 4 unspecified atom stereocenters. The van der Waals surface area contributed by atoms with Gasteiger partial charge in [-0.15, -0.1) is 0 Å². The summed E-state index contributed by atoms with van der Waals surface area (Å²) >= 11 is 1.49. The van der Waals surface area contributed by atoms with E-state index in [1.807, 2.05) is 6.26 Å². The van der Waals surface area contributed by atoms with Gasteiger partial charge in [0.25, 0.3) is 0 Å². The molecule has 0 saturated carbocycles. The van der Waals surface area contributed by atoms with Crippen LogP contribution in [0.1, 0.15) is 31.7 Å². The minimum absolute atomic E-state index is 0.00995. The highest BCUT2D eigenvalue weighted by Crippen LogP contribution is 2.11. The largest absolute Gasteiger partial charge is 0.508 e. The molecule has 0 radical (unpaired) electrons. The number of amides is 3. The van der Waals surface area contributed by atoms with Gasteiger partial charge < -0.3 is 37.0 Å². The fourth-order valence-corrected chi connectivity index (χ4v) is 3.42. The average molecular weight is 513 g/mol. The number of hydrogen-bond acceptors (Lipinski definition) is 8. The first-order valence-electron chi connectivity index (χ1n) is 10.8. The van der Waals surface area contributed by atoms with Crippen LogP contribution in [0.2, 0.25) is 0 Å². The molecule has 0 aliphatic rings. The second kappa shape index (κ2) is 14.8. The third-order valence-electron chi connectivity index (χ3n) is 4.99. The fraction of sp³-hybridized carbons (Fsp3) is 0.500. The smallest absolute Gasteiger partial charge is 0.326 e. The maximum atomic E-state index is 12.7. The van der Waals surface area contributed by atoms with Crippen LogP contribution in [0.4, 0.5) is 0 Å². The number of carboxylic acid groups (broad SMARTS) is 2. The first-order chi connectivity index (χ1) is 16.4. The summed E-state index contributed by atoms with van der Waals surface area (Å²) in [5.41, 5.74) is 6.36. The SMILES string of the molecule is CSCCC(N)C(=O)NC(CCC(=O)O)C(=O)NC(C)C(=O)NC(Cc1ccc(O)cc1)C(=O)O. The van der Waals surface area contributed by atoms with E-state index in [1.165, 1.54) is 43.0 Å². The second-order valence-electron chi connectivity index (χ2n) is 7.88. The van der Waals surface area contributed by atoms with Crippen molar-refractivity contribution in [2.45, 2.75) is 56.8 Å². The first-order valence-corrected chi connectivity index (χ1v) is 12.2. The first kappa shape index (κ1) is 29.7. The summed E-state index contributed by atoms with van der Waals surface area (Å²) in [7, 11) is 0. The monoisotopic (exact) mass is 512 g/mol. The Morgan fingerprint density at radius 1 is 0.914 bits per heavy atom. The summed E-state index contributed by atoms with van der Waals surface area (Å²) in [6.45, 7) is 1.33. The predicted octanol–water partition coefficient (Wildman–Crippen LogP) is -0.561. The average Bonchev–Trinajstić information content (AvgIpc) is 2.80. The van der Waals surface area contributed by atoms with Gasteiger partial charge in [0, 0.05) is 12.8 Å². The van der Waals surface area contributed by atoms with Crippen LogP contribution in [-0.2, 0) is 30.4 Å². The molecule has 4 atom stereocenters. The maximum Gasteiger partial charge on any atom is 0.326 e. The van der Waals surface area contributed by atoms with Crippen LogP contribution < -0.4 is 21.7 Å². The predicted molar refractivity (Wildman–Crippen MR) is 129 cm³/mol. The highest BCUT2D eigenvalue weighted by Gasteiger charge is 2.28. The molecule has 0 bridgehead atoms. The topological polar surface area (TPSA) is 208 Å². The molecule has 8 N–H and O–H groups in total. The van der Waals surface area contributed by atoms with Crippen LogP contribution in [0, 0.1) is 0 Å². The van der Waals surface area contributed by atoms with Gasteiger partial charge in [0.05, 0.1) is 6.04 Å². The van der Waals surface area contributed by atoms with Crippen LogP contribution in [0.5, 0.6) is 5.75 Å². The lowest BCUT2D eigenvalue weighted by atomic mass is 10.1. The van der Waals surface area contributed by atoms with Crippen LogP contribution in [0.25, 0.3) is 0 Å². The lowest BCUT2D eigenvalue weighted by Crippen LogP contribution is -2.56. The Morgan fingerprint density at radius 2 is 1.51 bits per heavy atom. The molecule has 35 heavy (non-hydrogen) atoms. The van der Waals surface area contributed by atoms with Crippen LogP contribution in [0.3, 0.4) is 0 Å². The Bertz CT molecular complexity index is 896. The zero-order valence-electron chi connectivity index (χ0n) is 19.5. The van der Waals surface area contributed by atoms with E-state index in [-0.39, 0.29) is 18.6 Å². The van der Waals surface area contributed by atoms with E-state index in [0.29, 0.717) is 17.7 Å². The van der Waals surface area contributed by atoms with E-state index < -0.39 is 60.2 Å². The number of thioether (sulfide) groups is 1. The molecule has 12 nitrogen and oxygen atoms in total. The molecule has 194 valence electrons. The summed E-state index contributed by atoms with van der Waals surface area (Å²) in [5, 5.41) is 34.9. The normalized spacial score (nSPS) is 14.1. The highest BCUT2D eigenvalue weighted by molar-refractivity contribution is 7.98. The highest BCUT2D eigenvalue weighted by atomic mass is 32.2. The number of phenols is 1. The number of nitrogens with one attached hydrogen (secondary N) is 3. The Balaban J connectivity index is 2.80. The molecule has 0 aliphatic heterocycles. The van der Waals surface area contributed by atoms with E-state index in [2.05, 4.69) is 16.0 Å². The molecule has 0 spiro atoms. The number of carboxylic acids is 2. The number of phenolic OH excluding ortho intramolecular Hbond substituents is 1. The molecular formula is C22H32N4O8S. The van der Waals surface area contributed by atoms with E-state index in [0.717, 1.165) is 0 Å². The van der Waals surface area contributed by atoms with Gasteiger partial charge in [-0.25, -0.2) is 4.79 Å². The summed E-state index contributed by atoms with van der Waals surface area (Å²) in [4.78, 5) is 60.1. The number of carbonyl (C=O) groups is 5. The van der Waals surface area contributed by atoms with Gasteiger partial charge in [-0.2, -0.15) is 11.8 Å². The van der Waals surface area contributed by atoms with Crippen molar-refractivity contribution in [3.05, 3.63) is 29.8 Å². The Morgan fingerprint density at radius 3 is 2.06 bits per heavy atom. The third-order valence-corrected chi connectivity index (χ3v) is 5.64. The van der Waals surface area contributed by atoms with Gasteiger partial charge in [0.2, 0.25) is 17.7 Å². The number of hydrogen-bond donors (Lipinski definition) is 7. The Labute approximate surface area is 207 Å². The minimum atomic E-state index is -1.30. The van der Waals surface area contributed by atoms with Gasteiger partial charge in [0.15, 0.2) is 0 Å². The number of rotatable bonds is 15. The molecule has 0 fully saturated rings. The van der Waals surface area contributed by atoms with Crippen molar-refractivity contribution in [2.24, 2.45) is 5.73 Å². The van der Waals surface area contributed by atoms with E-state index in [9.17, 15) is 34.2 Å². The van der Waals surface area contributed by atoms with Gasteiger partial charge in [0.1, 0.15) is 23.9 Å². The van der Waals surface area contributed by atoms with E-state index >= 15 is 0 Å². The maximum absolute atomic E-state index is 12.7. The van der Waals surface area contributed by atoms with Crippen LogP contribution in [0.15, 0.2) is 24.3 Å². The third kappa shape index (κ3) is 11.1. The molecule has 13 heteroatoms. The molecule has 1 aromatic carbocycles. The zero-order chi connectivity index (χ0) is 26.5. The molecule has 1 rings (SSSR count). The van der Waals surface area contributed by atoms with Crippen molar-refractivity contribution in [2.75, 3.05) is 12.0 Å². The van der Waals surface area contributed by atoms with Gasteiger partial charge in [-0.3, -0.25) is 19.2 Å². The zero-order valence-corrected chi connectivity index (χ0v) is 20.3. The lowest BCUT2D eigenvalue weighted by Gasteiger charge is -2.23. The lowest BCUT2D eigenvalue weighted by molar-refractivity contribution is -0.142. The number of carbonyl (C=O) groups excluding carboxylic acids is 3. The van der Waals surface area contributed by atoms with Crippen molar-refractivity contribution >= 4 is 41.4 Å². The van der Waals surface area contributed by atoms with Gasteiger partial charge >= 0.3 is 11.9 Å². The van der Waals surface area contributed by atoms with E-state index in [4.69, 9.17) is 10.8 Å². The molecule has 0 aliphatic carbocycles. The van der Waals surface area contributed by atoms with Gasteiger partial charge in [-0.1, -0.05) is 12.1 Å². The number of aliphatic carboxylic acids is 2. The second-order valence-corrected chi connectivity index (χ2v) is 8.87. The molecule has 1 aromatic rings. The summed E-state index contributed by atoms with van der Waals surface area (Å²) in [6, 6.07) is 1.18. The van der Waals surface area contributed by atoms with Crippen molar-refractivity contribution in [3.63, 3.8) is 0 Å². The summed E-state index contributed by atoms with van der Waals surface area (Å²) in [6.07, 6.45) is 1.51. The van der Waals surface area contributed by atoms with Crippen molar-refractivity contribution in [1.29, 1.82) is 0 Å². The standard InChI is InChI=1S/C22H32N4O8S/c1-12(19(30)26-17(22(33)34)11-13-3-5-14(27)6-4-13)24-21(32)16(7-8-18(28)29)25-20(31)15(23)9-10-35-2/h3-6,12,15-17,27H,7-11,23H2,1-2H3,(H,24,32)(H,25,31)(H,26,30)(H,28,29)(H,33,34). The molecule has 3 amide bonds.